The molecule has 0 spiro atoms. The van der Waals surface area contributed by atoms with E-state index < -0.39 is 0 Å². The van der Waals surface area contributed by atoms with E-state index in [-0.39, 0.29) is 50.9 Å². The molecule has 4 aromatic rings. The molecule has 0 bridgehead atoms. The van der Waals surface area contributed by atoms with Gasteiger partial charge in [-0.3, -0.25) is 9.78 Å². The van der Waals surface area contributed by atoms with Gasteiger partial charge in [0, 0.05) is 38.0 Å². The van der Waals surface area contributed by atoms with Crippen LogP contribution in [-0.2, 0) is 24.9 Å². The fraction of sp³-hybridized carbons (Fsp3) is 0.488. The maximum Gasteiger partial charge on any atom is 0.162 e. The Kier molecular flexibility index (Phi) is 16.8. The summed E-state index contributed by atoms with van der Waals surface area (Å²) < 4.78 is 0. The normalized spacial score (nSPS) is 16.5. The molecule has 1 N–H and O–H groups in total. The molecule has 1 saturated carbocycles. The number of aromatic nitrogens is 2. The van der Waals surface area contributed by atoms with Gasteiger partial charge < -0.3 is 5.11 Å². The largest absolute Gasteiger partial charge is 0.512 e. The molecule has 5 rings (SSSR count). The van der Waals surface area contributed by atoms with Gasteiger partial charge in [0.15, 0.2) is 5.78 Å². The van der Waals surface area contributed by atoms with Gasteiger partial charge >= 0.3 is 0 Å². The van der Waals surface area contributed by atoms with Crippen LogP contribution < -0.4 is 0 Å². The predicted molar refractivity (Wildman–Crippen MR) is 192 cm³/mol. The average molecular weight is 800 g/mol. The molecule has 0 saturated heterocycles. The molecule has 1 fully saturated rings. The van der Waals surface area contributed by atoms with Crippen LogP contribution in [0.4, 0.5) is 0 Å². The van der Waals surface area contributed by atoms with E-state index in [0.29, 0.717) is 5.92 Å². The van der Waals surface area contributed by atoms with Crippen molar-refractivity contribution in [3.05, 3.63) is 84.4 Å². The molecule has 3 aromatic carbocycles. The Labute approximate surface area is 291 Å². The molecule has 0 unspecified atom stereocenters. The van der Waals surface area contributed by atoms with Gasteiger partial charge in [-0.1, -0.05) is 96.7 Å². The van der Waals surface area contributed by atoms with Crippen molar-refractivity contribution in [1.82, 2.24) is 9.97 Å². The van der Waals surface area contributed by atoms with Gasteiger partial charge in [-0.15, -0.1) is 29.1 Å². The molecule has 0 atom stereocenters. The summed E-state index contributed by atoms with van der Waals surface area (Å²) in [5, 5.41) is 13.3. The predicted octanol–water partition coefficient (Wildman–Crippen LogP) is 11.8. The first-order valence-corrected chi connectivity index (χ1v) is 17.0. The molecular formula is C41H55IrN2O2-. The van der Waals surface area contributed by atoms with Crippen molar-refractivity contribution in [2.45, 2.75) is 112 Å². The number of ketones is 1. The topological polar surface area (TPSA) is 63.1 Å². The quantitative estimate of drug-likeness (QED) is 0.0932. The van der Waals surface area contributed by atoms with Crippen LogP contribution in [0.25, 0.3) is 32.9 Å². The number of hydrogen-bond donors (Lipinski definition) is 1. The van der Waals surface area contributed by atoms with Crippen molar-refractivity contribution in [2.75, 3.05) is 0 Å². The number of benzene rings is 3. The second-order valence-corrected chi connectivity index (χ2v) is 12.4. The van der Waals surface area contributed by atoms with E-state index in [1.807, 2.05) is 33.8 Å². The van der Waals surface area contributed by atoms with Crippen molar-refractivity contribution >= 4 is 27.5 Å². The van der Waals surface area contributed by atoms with E-state index >= 15 is 0 Å². The monoisotopic (exact) mass is 800 g/mol. The third-order valence-electron chi connectivity index (χ3n) is 9.71. The third kappa shape index (κ3) is 9.81. The van der Waals surface area contributed by atoms with Gasteiger partial charge in [-0.2, -0.15) is 0 Å². The van der Waals surface area contributed by atoms with Crippen molar-refractivity contribution < 1.29 is 30.0 Å². The molecule has 0 amide bonds. The van der Waals surface area contributed by atoms with Gasteiger partial charge in [0.25, 0.3) is 0 Å². The van der Waals surface area contributed by atoms with Crippen LogP contribution in [0.3, 0.4) is 0 Å². The summed E-state index contributed by atoms with van der Waals surface area (Å²) in [6, 6.07) is 22.9. The van der Waals surface area contributed by atoms with Gasteiger partial charge in [-0.05, 0) is 85.9 Å². The van der Waals surface area contributed by atoms with Gasteiger partial charge in [-0.25, -0.2) is 4.98 Å². The first-order chi connectivity index (χ1) is 21.4. The Morgan fingerprint density at radius 3 is 2.22 bits per heavy atom. The number of carbonyl (C=O) groups excluding carboxylic acids is 1. The average Bonchev–Trinajstić information content (AvgIpc) is 3.06. The molecule has 46 heavy (non-hydrogen) atoms. The van der Waals surface area contributed by atoms with Crippen molar-refractivity contribution in [2.24, 2.45) is 17.8 Å². The Bertz CT molecular complexity index is 1530. The molecule has 251 valence electrons. The van der Waals surface area contributed by atoms with Crippen molar-refractivity contribution in [3.63, 3.8) is 0 Å². The van der Waals surface area contributed by atoms with E-state index in [9.17, 15) is 9.90 Å². The second kappa shape index (κ2) is 19.7. The number of aliphatic hydroxyl groups is 1. The van der Waals surface area contributed by atoms with Crippen LogP contribution in [0.2, 0.25) is 0 Å². The second-order valence-electron chi connectivity index (χ2n) is 12.4. The number of allylic oxidation sites excluding steroid dienone is 2. The molecule has 0 aliphatic heterocycles. The van der Waals surface area contributed by atoms with Gasteiger partial charge in [0.1, 0.15) is 6.33 Å². The van der Waals surface area contributed by atoms with E-state index in [4.69, 9.17) is 4.98 Å². The minimum atomic E-state index is 0. The van der Waals surface area contributed by atoms with Gasteiger partial charge in [0.05, 0.1) is 11.3 Å². The Hall–Kier alpha value is -2.88. The summed E-state index contributed by atoms with van der Waals surface area (Å²) in [7, 11) is 0. The molecule has 1 heterocycles. The number of fused-ring (bicyclic) bond motifs is 2. The minimum absolute atomic E-state index is 0. The van der Waals surface area contributed by atoms with Crippen LogP contribution in [-0.4, -0.2) is 20.9 Å². The summed E-state index contributed by atoms with van der Waals surface area (Å²) in [5.41, 5.74) is 4.52. The van der Waals surface area contributed by atoms with Crippen LogP contribution in [0, 0.1) is 23.8 Å². The zero-order chi connectivity index (χ0) is 31.5. The SMILES string of the molecule is C.CCC(CC)C(=O)C=C(O)C(CC)CC.CCCC1CCC(c2ccc3ncnc(-c4[c-]ccc5ccccc45)c3c2)CC1.[Ir]. The number of nitrogens with zero attached hydrogens (tertiary/aromatic N) is 2. The molecule has 1 aliphatic carbocycles. The minimum Gasteiger partial charge on any atom is -0.512 e. The summed E-state index contributed by atoms with van der Waals surface area (Å²) in [4.78, 5) is 21.0. The molecule has 1 aliphatic rings. The van der Waals surface area contributed by atoms with Crippen LogP contribution in [0.15, 0.2) is 72.8 Å². The maximum atomic E-state index is 11.7. The molecule has 5 heteroatoms. The fourth-order valence-corrected chi connectivity index (χ4v) is 6.86. The van der Waals surface area contributed by atoms with Crippen LogP contribution >= 0.6 is 0 Å². The molecule has 4 nitrogen and oxygen atoms in total. The first-order valence-electron chi connectivity index (χ1n) is 17.0. The van der Waals surface area contributed by atoms with Gasteiger partial charge in [0.2, 0.25) is 0 Å². The van der Waals surface area contributed by atoms with Crippen molar-refractivity contribution in [3.8, 4) is 11.3 Å². The van der Waals surface area contributed by atoms with E-state index in [0.717, 1.165) is 53.8 Å². The van der Waals surface area contributed by atoms with Crippen LogP contribution in [0.1, 0.15) is 118 Å². The molecule has 1 radical (unpaired) electrons. The fourth-order valence-electron chi connectivity index (χ4n) is 6.86. The molecular weight excluding hydrogens is 745 g/mol. The first kappa shape index (κ1) is 39.3. The zero-order valence-electron chi connectivity index (χ0n) is 27.8. The summed E-state index contributed by atoms with van der Waals surface area (Å²) in [6.45, 7) is 10.4. The summed E-state index contributed by atoms with van der Waals surface area (Å²) >= 11 is 0. The third-order valence-corrected chi connectivity index (χ3v) is 9.71. The van der Waals surface area contributed by atoms with E-state index in [1.165, 1.54) is 60.9 Å². The summed E-state index contributed by atoms with van der Waals surface area (Å²) in [6.07, 6.45) is 14.6. The van der Waals surface area contributed by atoms with Crippen molar-refractivity contribution in [1.29, 1.82) is 0 Å². The maximum absolute atomic E-state index is 11.7. The summed E-state index contributed by atoms with van der Waals surface area (Å²) in [5.74, 6) is 2.14. The van der Waals surface area contributed by atoms with E-state index in [2.05, 4.69) is 66.5 Å². The number of carbonyl (C=O) groups is 1. The van der Waals surface area contributed by atoms with Crippen LogP contribution in [0.5, 0.6) is 0 Å². The number of rotatable bonds is 11. The Morgan fingerprint density at radius 2 is 1.57 bits per heavy atom. The Balaban J connectivity index is 0.000000375. The standard InChI is InChI=1S/C27H27N2.C13H24O2.CH4.Ir/c1-2-6-19-11-13-20(14-12-19)22-15-16-26-25(17-22)27(29-18-28-26)24-10-5-8-21-7-3-4-9-23(21)24;1-5-10(6-2)12(14)9-13(15)11(7-3)8-4;;/h3-5,7-9,15-20H,2,6,11-14H2,1H3;9-11,14H,5-8H2,1-4H3;1H4;/q-1;;;. The Morgan fingerprint density at radius 1 is 0.891 bits per heavy atom. The molecule has 1 aromatic heterocycles. The van der Waals surface area contributed by atoms with E-state index in [1.54, 1.807) is 6.33 Å². The zero-order valence-corrected chi connectivity index (χ0v) is 30.2. The number of aliphatic hydroxyl groups excluding tert-OH is 1. The number of hydrogen-bond acceptors (Lipinski definition) is 4. The smallest absolute Gasteiger partial charge is 0.162 e.